The third-order valence-electron chi connectivity index (χ3n) is 4.40. The zero-order valence-corrected chi connectivity index (χ0v) is 13.9. The lowest BCUT2D eigenvalue weighted by atomic mass is 9.98. The molecule has 1 aliphatic rings. The maximum absolute atomic E-state index is 13.0. The number of carbonyl (C=O) groups excluding carboxylic acids is 1. The van der Waals surface area contributed by atoms with E-state index in [2.05, 4.69) is 11.9 Å². The predicted molar refractivity (Wildman–Crippen MR) is 89.0 cm³/mol. The standard InChI is InChI=1S/C19H19F3N2O/c1-12(15-5-3-14(11-23)4-6-15)24-18-10-8-16(19(20,21)22)7-9-17(18)13(2)25/h3-6,16,24H,1,7-10H2,2H3. The van der Waals surface area contributed by atoms with Crippen molar-refractivity contribution in [1.29, 1.82) is 5.26 Å². The number of halogens is 3. The van der Waals surface area contributed by atoms with Crippen LogP contribution in [0.15, 0.2) is 42.1 Å². The molecule has 25 heavy (non-hydrogen) atoms. The van der Waals surface area contributed by atoms with E-state index in [-0.39, 0.29) is 31.5 Å². The summed E-state index contributed by atoms with van der Waals surface area (Å²) in [6.45, 7) is 5.28. The van der Waals surface area contributed by atoms with Crippen LogP contribution in [0.3, 0.4) is 0 Å². The third-order valence-corrected chi connectivity index (χ3v) is 4.40. The Hall–Kier alpha value is -2.55. The highest BCUT2D eigenvalue weighted by atomic mass is 19.4. The van der Waals surface area contributed by atoms with E-state index >= 15 is 0 Å². The normalized spacial score (nSPS) is 18.3. The molecule has 0 saturated carbocycles. The second-order valence-electron chi connectivity index (χ2n) is 6.12. The molecule has 0 radical (unpaired) electrons. The predicted octanol–water partition coefficient (Wildman–Crippen LogP) is 4.71. The lowest BCUT2D eigenvalue weighted by Crippen LogP contribution is -2.22. The number of benzene rings is 1. The third kappa shape index (κ3) is 4.72. The maximum atomic E-state index is 13.0. The number of ketones is 1. The molecule has 1 aromatic rings. The lowest BCUT2D eigenvalue weighted by Gasteiger charge is -2.18. The van der Waals surface area contributed by atoms with Crippen LogP contribution in [0.4, 0.5) is 13.2 Å². The van der Waals surface area contributed by atoms with E-state index in [4.69, 9.17) is 5.26 Å². The quantitative estimate of drug-likeness (QED) is 0.857. The summed E-state index contributed by atoms with van der Waals surface area (Å²) < 4.78 is 39.0. The molecule has 0 fully saturated rings. The largest absolute Gasteiger partial charge is 0.391 e. The smallest absolute Gasteiger partial charge is 0.359 e. The molecule has 3 nitrogen and oxygen atoms in total. The average molecular weight is 348 g/mol. The molecule has 1 aromatic carbocycles. The second-order valence-corrected chi connectivity index (χ2v) is 6.12. The first kappa shape index (κ1) is 18.8. The topological polar surface area (TPSA) is 52.9 Å². The molecule has 0 saturated heterocycles. The van der Waals surface area contributed by atoms with Crippen molar-refractivity contribution >= 4 is 11.5 Å². The van der Waals surface area contributed by atoms with Crippen molar-refractivity contribution in [3.8, 4) is 6.07 Å². The zero-order chi connectivity index (χ0) is 18.6. The minimum absolute atomic E-state index is 0.0523. The van der Waals surface area contributed by atoms with Crippen LogP contribution in [0.1, 0.15) is 43.7 Å². The number of allylic oxidation sites excluding steroid dienone is 2. The summed E-state index contributed by atoms with van der Waals surface area (Å²) in [6, 6.07) is 8.69. The monoisotopic (exact) mass is 348 g/mol. The molecule has 132 valence electrons. The molecule has 6 heteroatoms. The molecule has 1 N–H and O–H groups in total. The summed E-state index contributed by atoms with van der Waals surface area (Å²) in [5, 5.41) is 11.9. The van der Waals surface area contributed by atoms with Crippen molar-refractivity contribution in [3.63, 3.8) is 0 Å². The van der Waals surface area contributed by atoms with Gasteiger partial charge in [0.1, 0.15) is 0 Å². The van der Waals surface area contributed by atoms with Crippen molar-refractivity contribution < 1.29 is 18.0 Å². The Balaban J connectivity index is 2.20. The maximum Gasteiger partial charge on any atom is 0.391 e. The Kier molecular flexibility index (Phi) is 5.68. The van der Waals surface area contributed by atoms with Gasteiger partial charge in [0.15, 0.2) is 5.78 Å². The van der Waals surface area contributed by atoms with Gasteiger partial charge in [-0.25, -0.2) is 0 Å². The van der Waals surface area contributed by atoms with Gasteiger partial charge in [-0.1, -0.05) is 18.7 Å². The van der Waals surface area contributed by atoms with Crippen molar-refractivity contribution in [2.24, 2.45) is 5.92 Å². The number of nitrogens with one attached hydrogen (secondary N) is 1. The van der Waals surface area contributed by atoms with Crippen molar-refractivity contribution in [2.75, 3.05) is 0 Å². The van der Waals surface area contributed by atoms with Crippen molar-refractivity contribution in [2.45, 2.75) is 38.8 Å². The molecule has 0 bridgehead atoms. The first-order valence-corrected chi connectivity index (χ1v) is 7.98. The summed E-state index contributed by atoms with van der Waals surface area (Å²) in [5.74, 6) is -1.62. The molecule has 1 aliphatic carbocycles. The molecule has 2 rings (SSSR count). The Labute approximate surface area is 144 Å². The van der Waals surface area contributed by atoms with Gasteiger partial charge in [0, 0.05) is 17.0 Å². The van der Waals surface area contributed by atoms with Crippen molar-refractivity contribution in [1.82, 2.24) is 5.32 Å². The molecule has 0 heterocycles. The van der Waals surface area contributed by atoms with Crippen LogP contribution in [0.5, 0.6) is 0 Å². The summed E-state index contributed by atoms with van der Waals surface area (Å²) in [4.78, 5) is 11.9. The van der Waals surface area contributed by atoms with Crippen LogP contribution in [-0.2, 0) is 4.79 Å². The van der Waals surface area contributed by atoms with Gasteiger partial charge < -0.3 is 5.32 Å². The lowest BCUT2D eigenvalue weighted by molar-refractivity contribution is -0.177. The number of nitrogens with zero attached hydrogens (tertiary/aromatic N) is 1. The van der Waals surface area contributed by atoms with Crippen LogP contribution >= 0.6 is 0 Å². The van der Waals surface area contributed by atoms with E-state index in [9.17, 15) is 18.0 Å². The summed E-state index contributed by atoms with van der Waals surface area (Å²) in [6.07, 6.45) is -4.13. The minimum atomic E-state index is -4.25. The number of Topliss-reactive ketones (excluding diaryl/α,β-unsaturated/α-hetero) is 1. The molecule has 0 amide bonds. The molecule has 0 aliphatic heterocycles. The second kappa shape index (κ2) is 7.56. The van der Waals surface area contributed by atoms with Gasteiger partial charge in [0.25, 0.3) is 0 Å². The van der Waals surface area contributed by atoms with Gasteiger partial charge in [-0.15, -0.1) is 0 Å². The van der Waals surface area contributed by atoms with E-state index < -0.39 is 12.1 Å². The average Bonchev–Trinajstić information content (AvgIpc) is 2.77. The Morgan fingerprint density at radius 3 is 2.36 bits per heavy atom. The van der Waals surface area contributed by atoms with Gasteiger partial charge in [0.05, 0.1) is 17.6 Å². The van der Waals surface area contributed by atoms with Crippen LogP contribution in [-0.4, -0.2) is 12.0 Å². The van der Waals surface area contributed by atoms with Crippen molar-refractivity contribution in [3.05, 3.63) is 53.2 Å². The number of carbonyl (C=O) groups is 1. The van der Waals surface area contributed by atoms with Crippen LogP contribution in [0.25, 0.3) is 5.70 Å². The summed E-state index contributed by atoms with van der Waals surface area (Å²) >= 11 is 0. The van der Waals surface area contributed by atoms with Gasteiger partial charge in [-0.3, -0.25) is 4.79 Å². The molecule has 1 unspecified atom stereocenters. The first-order valence-electron chi connectivity index (χ1n) is 7.98. The number of alkyl halides is 3. The summed E-state index contributed by atoms with van der Waals surface area (Å²) in [7, 11) is 0. The highest BCUT2D eigenvalue weighted by molar-refractivity contribution is 5.94. The van der Waals surface area contributed by atoms with Gasteiger partial charge in [0.2, 0.25) is 0 Å². The molecule has 0 spiro atoms. The van der Waals surface area contributed by atoms with E-state index in [0.717, 1.165) is 0 Å². The molecular weight excluding hydrogens is 329 g/mol. The number of nitriles is 1. The van der Waals surface area contributed by atoms with Gasteiger partial charge >= 0.3 is 6.18 Å². The highest BCUT2D eigenvalue weighted by Gasteiger charge is 2.40. The van der Waals surface area contributed by atoms with Gasteiger partial charge in [-0.2, -0.15) is 18.4 Å². The van der Waals surface area contributed by atoms with E-state index in [1.54, 1.807) is 24.3 Å². The number of hydrogen-bond donors (Lipinski definition) is 1. The summed E-state index contributed by atoms with van der Waals surface area (Å²) in [5.41, 5.74) is 2.62. The van der Waals surface area contributed by atoms with E-state index in [1.165, 1.54) is 6.92 Å². The van der Waals surface area contributed by atoms with Crippen LogP contribution < -0.4 is 5.32 Å². The highest BCUT2D eigenvalue weighted by Crippen LogP contribution is 2.38. The fourth-order valence-corrected chi connectivity index (χ4v) is 2.94. The SMILES string of the molecule is C=C(NC1=C(C(C)=O)CCC(C(F)(F)F)CC1)c1ccc(C#N)cc1. The van der Waals surface area contributed by atoms with E-state index in [1.807, 2.05) is 6.07 Å². The minimum Gasteiger partial charge on any atom is -0.359 e. The number of hydrogen-bond acceptors (Lipinski definition) is 3. The zero-order valence-electron chi connectivity index (χ0n) is 13.9. The fraction of sp³-hybridized carbons (Fsp3) is 0.368. The number of rotatable bonds is 4. The Bertz CT molecular complexity index is 739. The van der Waals surface area contributed by atoms with E-state index in [0.29, 0.717) is 28.1 Å². The van der Waals surface area contributed by atoms with Crippen LogP contribution in [0, 0.1) is 17.2 Å². The van der Waals surface area contributed by atoms with Gasteiger partial charge in [-0.05, 0) is 50.3 Å². The molecule has 0 aromatic heterocycles. The fourth-order valence-electron chi connectivity index (χ4n) is 2.94. The molecular formula is C19H19F3N2O. The van der Waals surface area contributed by atoms with Crippen LogP contribution in [0.2, 0.25) is 0 Å². The Morgan fingerprint density at radius 2 is 1.84 bits per heavy atom. The Morgan fingerprint density at radius 1 is 1.24 bits per heavy atom. The first-order chi connectivity index (χ1) is 11.7. The molecule has 1 atom stereocenters.